The predicted molar refractivity (Wildman–Crippen MR) is 43.1 cm³/mol. The zero-order valence-corrected chi connectivity index (χ0v) is 6.24. The minimum Gasteiger partial charge on any atom is -0.296 e. The van der Waals surface area contributed by atoms with Crippen LogP contribution in [0.2, 0.25) is 0 Å². The molecule has 2 nitrogen and oxygen atoms in total. The predicted octanol–water partition coefficient (Wildman–Crippen LogP) is 1.74. The Bertz CT molecular complexity index is 178. The molecule has 0 radical (unpaired) electrons. The van der Waals surface area contributed by atoms with Crippen molar-refractivity contribution in [1.82, 2.24) is 0 Å². The first-order valence-electron chi connectivity index (χ1n) is 3.12. The Morgan fingerprint density at radius 1 is 1.40 bits per heavy atom. The monoisotopic (exact) mass is 137 g/mol. The van der Waals surface area contributed by atoms with Crippen molar-refractivity contribution in [3.8, 4) is 0 Å². The van der Waals surface area contributed by atoms with Crippen LogP contribution in [0.4, 0.5) is 0 Å². The van der Waals surface area contributed by atoms with Crippen molar-refractivity contribution in [2.24, 2.45) is 4.99 Å². The maximum absolute atomic E-state index is 10.2. The lowest BCUT2D eigenvalue weighted by atomic mass is 10.4. The van der Waals surface area contributed by atoms with Crippen LogP contribution in [-0.4, -0.2) is 12.5 Å². The van der Waals surface area contributed by atoms with Crippen molar-refractivity contribution in [3.63, 3.8) is 0 Å². The van der Waals surface area contributed by atoms with Gasteiger partial charge in [0, 0.05) is 6.21 Å². The first-order valence-corrected chi connectivity index (χ1v) is 3.12. The number of aldehydes is 1. The van der Waals surface area contributed by atoms with Gasteiger partial charge in [-0.2, -0.15) is 0 Å². The Labute approximate surface area is 61.0 Å². The molecule has 54 valence electrons. The molecular weight excluding hydrogens is 126 g/mol. The number of nitrogens with zero attached hydrogens (tertiary/aromatic N) is 1. The smallest absolute Gasteiger partial charge is 0.168 e. The summed E-state index contributed by atoms with van der Waals surface area (Å²) in [6.07, 6.45) is 7.59. The summed E-state index contributed by atoms with van der Waals surface area (Å²) < 4.78 is 0. The second-order valence-corrected chi connectivity index (χ2v) is 1.62. The van der Waals surface area contributed by atoms with E-state index in [1.165, 1.54) is 0 Å². The van der Waals surface area contributed by atoms with E-state index in [-0.39, 0.29) is 0 Å². The SMILES string of the molecule is CC=N/C(C=O)=C\C=C/C. The molecule has 0 aromatic heterocycles. The molecule has 0 heterocycles. The molecule has 0 aliphatic heterocycles. The molecule has 0 fully saturated rings. The van der Waals surface area contributed by atoms with Crippen LogP contribution in [-0.2, 0) is 4.79 Å². The van der Waals surface area contributed by atoms with E-state index >= 15 is 0 Å². The molecule has 0 atom stereocenters. The lowest BCUT2D eigenvalue weighted by Crippen LogP contribution is -1.77. The van der Waals surface area contributed by atoms with Crippen LogP contribution in [0.5, 0.6) is 0 Å². The van der Waals surface area contributed by atoms with E-state index in [4.69, 9.17) is 0 Å². The summed E-state index contributed by atoms with van der Waals surface area (Å²) in [5, 5.41) is 0. The largest absolute Gasteiger partial charge is 0.296 e. The molecule has 0 spiro atoms. The van der Waals surface area contributed by atoms with Gasteiger partial charge in [0.1, 0.15) is 5.70 Å². The third-order valence-electron chi connectivity index (χ3n) is 0.858. The number of carbonyl (C=O) groups is 1. The number of hydrogen-bond acceptors (Lipinski definition) is 2. The van der Waals surface area contributed by atoms with Gasteiger partial charge in [-0.05, 0) is 19.9 Å². The highest BCUT2D eigenvalue weighted by Crippen LogP contribution is 1.90. The molecule has 0 aliphatic rings. The standard InChI is InChI=1S/C8H11NO/c1-3-5-6-8(7-10)9-4-2/h3-7H,1-2H3/b5-3-,8-6-,9-4?. The molecule has 0 saturated heterocycles. The highest BCUT2D eigenvalue weighted by atomic mass is 16.1. The van der Waals surface area contributed by atoms with E-state index < -0.39 is 0 Å². The minimum absolute atomic E-state index is 0.445. The molecule has 2 heteroatoms. The van der Waals surface area contributed by atoms with E-state index in [1.807, 2.05) is 13.0 Å². The van der Waals surface area contributed by atoms with E-state index in [0.717, 1.165) is 6.29 Å². The second-order valence-electron chi connectivity index (χ2n) is 1.62. The van der Waals surface area contributed by atoms with E-state index in [2.05, 4.69) is 4.99 Å². The highest BCUT2D eigenvalue weighted by Gasteiger charge is 1.82. The average molecular weight is 137 g/mol. The lowest BCUT2D eigenvalue weighted by Gasteiger charge is -1.83. The molecule has 0 unspecified atom stereocenters. The van der Waals surface area contributed by atoms with Crippen molar-refractivity contribution in [2.45, 2.75) is 13.8 Å². The van der Waals surface area contributed by atoms with Crippen LogP contribution < -0.4 is 0 Å². The van der Waals surface area contributed by atoms with Gasteiger partial charge in [0.05, 0.1) is 0 Å². The van der Waals surface area contributed by atoms with Gasteiger partial charge in [-0.15, -0.1) is 0 Å². The van der Waals surface area contributed by atoms with Crippen LogP contribution in [0.15, 0.2) is 28.9 Å². The van der Waals surface area contributed by atoms with Crippen molar-refractivity contribution < 1.29 is 4.79 Å². The number of rotatable bonds is 3. The van der Waals surface area contributed by atoms with Crippen LogP contribution in [0.3, 0.4) is 0 Å². The van der Waals surface area contributed by atoms with Crippen LogP contribution >= 0.6 is 0 Å². The highest BCUT2D eigenvalue weighted by molar-refractivity contribution is 5.76. The molecule has 0 aliphatic carbocycles. The number of hydrogen-bond donors (Lipinski definition) is 0. The quantitative estimate of drug-likeness (QED) is 0.252. The lowest BCUT2D eigenvalue weighted by molar-refractivity contribution is -0.104. The topological polar surface area (TPSA) is 29.4 Å². The maximum atomic E-state index is 10.2. The van der Waals surface area contributed by atoms with Crippen LogP contribution in [0.25, 0.3) is 0 Å². The summed E-state index contributed by atoms with van der Waals surface area (Å²) in [4.78, 5) is 14.0. The zero-order chi connectivity index (χ0) is 7.82. The molecule has 0 aromatic rings. The number of allylic oxidation sites excluding steroid dienone is 4. The van der Waals surface area contributed by atoms with Crippen LogP contribution in [0.1, 0.15) is 13.8 Å². The summed E-state index contributed by atoms with van der Waals surface area (Å²) in [6.45, 7) is 3.65. The molecule has 0 aromatic carbocycles. The molecule has 0 amide bonds. The Morgan fingerprint density at radius 2 is 2.10 bits per heavy atom. The summed E-state index contributed by atoms with van der Waals surface area (Å²) in [6, 6.07) is 0. The summed E-state index contributed by atoms with van der Waals surface area (Å²) >= 11 is 0. The van der Waals surface area contributed by atoms with Crippen molar-refractivity contribution in [3.05, 3.63) is 23.9 Å². The molecule has 0 rings (SSSR count). The fraction of sp³-hybridized carbons (Fsp3) is 0.250. The van der Waals surface area contributed by atoms with E-state index in [0.29, 0.717) is 5.70 Å². The molecule has 10 heavy (non-hydrogen) atoms. The minimum atomic E-state index is 0.445. The van der Waals surface area contributed by atoms with E-state index in [1.54, 1.807) is 25.3 Å². The Balaban J connectivity index is 4.17. The van der Waals surface area contributed by atoms with Gasteiger partial charge in [0.2, 0.25) is 0 Å². The van der Waals surface area contributed by atoms with Gasteiger partial charge in [-0.1, -0.05) is 12.2 Å². The van der Waals surface area contributed by atoms with Gasteiger partial charge in [-0.3, -0.25) is 9.79 Å². The zero-order valence-electron chi connectivity index (χ0n) is 6.24. The van der Waals surface area contributed by atoms with Gasteiger partial charge in [-0.25, -0.2) is 0 Å². The Kier molecular flexibility index (Phi) is 5.25. The first kappa shape index (κ1) is 8.82. The van der Waals surface area contributed by atoms with Crippen molar-refractivity contribution in [2.75, 3.05) is 0 Å². The third kappa shape index (κ3) is 3.78. The molecular formula is C8H11NO. The summed E-state index contributed by atoms with van der Waals surface area (Å²) in [5.74, 6) is 0. The van der Waals surface area contributed by atoms with Crippen LogP contribution in [0, 0.1) is 0 Å². The summed E-state index contributed by atoms with van der Waals surface area (Å²) in [7, 11) is 0. The Morgan fingerprint density at radius 3 is 2.50 bits per heavy atom. The van der Waals surface area contributed by atoms with Gasteiger partial charge in [0.25, 0.3) is 0 Å². The molecule has 0 bridgehead atoms. The third-order valence-corrected chi connectivity index (χ3v) is 0.858. The van der Waals surface area contributed by atoms with E-state index in [9.17, 15) is 4.79 Å². The molecule has 0 N–H and O–H groups in total. The number of aliphatic imine (C=N–C) groups is 1. The van der Waals surface area contributed by atoms with Crippen molar-refractivity contribution in [1.29, 1.82) is 0 Å². The first-order chi connectivity index (χ1) is 4.85. The van der Waals surface area contributed by atoms with Gasteiger partial charge in [0.15, 0.2) is 6.29 Å². The second kappa shape index (κ2) is 5.95. The average Bonchev–Trinajstić information content (AvgIpc) is 1.98. The number of carbonyl (C=O) groups excluding carboxylic acids is 1. The normalized spacial score (nSPS) is 13.2. The Hall–Kier alpha value is -1.18. The van der Waals surface area contributed by atoms with Gasteiger partial charge >= 0.3 is 0 Å². The maximum Gasteiger partial charge on any atom is 0.168 e. The molecule has 0 saturated carbocycles. The summed E-state index contributed by atoms with van der Waals surface area (Å²) in [5.41, 5.74) is 0.445. The van der Waals surface area contributed by atoms with Gasteiger partial charge < -0.3 is 0 Å². The van der Waals surface area contributed by atoms with Crippen molar-refractivity contribution >= 4 is 12.5 Å². The fourth-order valence-corrected chi connectivity index (χ4v) is 0.457. The fourth-order valence-electron chi connectivity index (χ4n) is 0.457.